The minimum absolute atomic E-state index is 0.107. The van der Waals surface area contributed by atoms with Gasteiger partial charge in [0.15, 0.2) is 0 Å². The number of esters is 1. The highest BCUT2D eigenvalue weighted by Gasteiger charge is 2.65. The first kappa shape index (κ1) is 30.7. The van der Waals surface area contributed by atoms with Crippen molar-refractivity contribution in [1.82, 2.24) is 15.1 Å². The molecule has 2 aromatic rings. The summed E-state index contributed by atoms with van der Waals surface area (Å²) in [5.41, 5.74) is -0.423. The molecule has 2 saturated heterocycles. The molecule has 15 heteroatoms. The number of ether oxygens (including phenoxy) is 2. The number of nitro groups is 2. The third kappa shape index (κ3) is 6.16. The van der Waals surface area contributed by atoms with Crippen LogP contribution in [0.3, 0.4) is 0 Å². The molecule has 224 valence electrons. The number of likely N-dealkylation sites (tertiary alicyclic amines) is 1. The van der Waals surface area contributed by atoms with Crippen LogP contribution in [0.15, 0.2) is 48.5 Å². The molecule has 0 aromatic heterocycles. The third-order valence-corrected chi connectivity index (χ3v) is 8.62. The van der Waals surface area contributed by atoms with Crippen molar-refractivity contribution < 1.29 is 33.7 Å². The normalized spacial score (nSPS) is 21.5. The summed E-state index contributed by atoms with van der Waals surface area (Å²) in [6.07, 6.45) is -0.853. The summed E-state index contributed by atoms with van der Waals surface area (Å²) in [5.74, 6) is -1.12. The lowest BCUT2D eigenvalue weighted by Gasteiger charge is -2.39. The van der Waals surface area contributed by atoms with Gasteiger partial charge in [-0.1, -0.05) is 13.8 Å². The van der Waals surface area contributed by atoms with Crippen molar-refractivity contribution in [3.05, 3.63) is 79.9 Å². The second-order valence-electron chi connectivity index (χ2n) is 10.7. The Morgan fingerprint density at radius 3 is 1.86 bits per heavy atom. The van der Waals surface area contributed by atoms with Crippen LogP contribution in [0.4, 0.5) is 16.2 Å². The lowest BCUT2D eigenvalue weighted by Crippen LogP contribution is -2.58. The molecular formula is C27H31N5O9S. The SMILES string of the molecule is CC1(C)C(C(=O)N2CCNCC2)N(C(=O)OCc2ccc([N+](=O)[O-])cc2)CC1(S)C(=O)OCc1ccc([N+](=O)[O-])cc1. The molecule has 0 aliphatic carbocycles. The predicted octanol–water partition coefficient (Wildman–Crippen LogP) is 2.69. The highest BCUT2D eigenvalue weighted by atomic mass is 32.1. The standard InChI is InChI=1S/C27H31N5O9S/c1-26(2)22(23(33)29-13-11-28-12-14-29)30(25(35)41-16-19-5-9-21(10-6-19)32(38)39)17-27(26,42)24(34)40-15-18-3-7-20(8-4-18)31(36)37/h3-10,22,28,42H,11-17H2,1-2H3. The molecule has 4 rings (SSSR count). The van der Waals surface area contributed by atoms with Crippen LogP contribution in [0, 0.1) is 25.6 Å². The molecule has 42 heavy (non-hydrogen) atoms. The number of nitrogens with one attached hydrogen (secondary N) is 1. The van der Waals surface area contributed by atoms with Crippen molar-refractivity contribution in [3.63, 3.8) is 0 Å². The number of hydrogen-bond donors (Lipinski definition) is 2. The number of benzene rings is 2. The second-order valence-corrected chi connectivity index (χ2v) is 11.4. The maximum Gasteiger partial charge on any atom is 0.410 e. The summed E-state index contributed by atoms with van der Waals surface area (Å²) in [7, 11) is 0. The van der Waals surface area contributed by atoms with Crippen LogP contribution in [0.1, 0.15) is 25.0 Å². The minimum atomic E-state index is -1.62. The first-order valence-electron chi connectivity index (χ1n) is 13.1. The van der Waals surface area contributed by atoms with Gasteiger partial charge >= 0.3 is 12.1 Å². The molecule has 0 spiro atoms. The first-order chi connectivity index (χ1) is 19.8. The smallest absolute Gasteiger partial charge is 0.410 e. The Morgan fingerprint density at radius 1 is 0.905 bits per heavy atom. The van der Waals surface area contributed by atoms with E-state index in [1.54, 1.807) is 18.7 Å². The average Bonchev–Trinajstić information content (AvgIpc) is 3.20. The molecule has 2 heterocycles. The van der Waals surface area contributed by atoms with Crippen molar-refractivity contribution in [3.8, 4) is 0 Å². The van der Waals surface area contributed by atoms with E-state index in [4.69, 9.17) is 22.1 Å². The predicted molar refractivity (Wildman–Crippen MR) is 152 cm³/mol. The highest BCUT2D eigenvalue weighted by molar-refractivity contribution is 7.82. The number of piperazine rings is 1. The van der Waals surface area contributed by atoms with Gasteiger partial charge in [0, 0.05) is 55.9 Å². The Hall–Kier alpha value is -4.24. The van der Waals surface area contributed by atoms with Gasteiger partial charge < -0.3 is 19.7 Å². The average molecular weight is 602 g/mol. The van der Waals surface area contributed by atoms with Crippen molar-refractivity contribution >= 4 is 42.0 Å². The van der Waals surface area contributed by atoms with E-state index in [9.17, 15) is 34.6 Å². The molecule has 2 aromatic carbocycles. The van der Waals surface area contributed by atoms with Gasteiger partial charge in [-0.05, 0) is 35.4 Å². The number of amides is 2. The van der Waals surface area contributed by atoms with Gasteiger partial charge in [-0.15, -0.1) is 0 Å². The quantitative estimate of drug-likeness (QED) is 0.198. The zero-order valence-electron chi connectivity index (χ0n) is 23.1. The molecule has 0 radical (unpaired) electrons. The molecule has 1 N–H and O–H groups in total. The summed E-state index contributed by atoms with van der Waals surface area (Å²) in [5, 5.41) is 25.0. The zero-order valence-corrected chi connectivity index (χ0v) is 24.0. The Kier molecular flexibility index (Phi) is 9.01. The van der Waals surface area contributed by atoms with Crippen LogP contribution in [0.2, 0.25) is 0 Å². The van der Waals surface area contributed by atoms with Gasteiger partial charge in [-0.25, -0.2) is 4.79 Å². The van der Waals surface area contributed by atoms with Gasteiger partial charge in [0.25, 0.3) is 11.4 Å². The van der Waals surface area contributed by atoms with Crippen LogP contribution in [-0.2, 0) is 32.3 Å². The van der Waals surface area contributed by atoms with Crippen LogP contribution in [-0.4, -0.2) is 81.1 Å². The Bertz CT molecular complexity index is 1360. The first-order valence-corrected chi connectivity index (χ1v) is 13.6. The van der Waals surface area contributed by atoms with Crippen molar-refractivity contribution in [2.24, 2.45) is 5.41 Å². The van der Waals surface area contributed by atoms with Gasteiger partial charge in [0.1, 0.15) is 24.0 Å². The summed E-state index contributed by atoms with van der Waals surface area (Å²) >= 11 is 4.73. The summed E-state index contributed by atoms with van der Waals surface area (Å²) in [6.45, 7) is 4.62. The lowest BCUT2D eigenvalue weighted by atomic mass is 9.75. The Balaban J connectivity index is 1.54. The fourth-order valence-corrected chi connectivity index (χ4v) is 5.42. The van der Waals surface area contributed by atoms with Gasteiger partial charge in [0.2, 0.25) is 5.91 Å². The largest absolute Gasteiger partial charge is 0.460 e. The number of carbonyl (C=O) groups excluding carboxylic acids is 3. The minimum Gasteiger partial charge on any atom is -0.460 e. The second kappa shape index (κ2) is 12.3. The zero-order chi connectivity index (χ0) is 30.7. The third-order valence-electron chi connectivity index (χ3n) is 7.72. The fourth-order valence-electron chi connectivity index (χ4n) is 5.08. The van der Waals surface area contributed by atoms with E-state index >= 15 is 0 Å². The number of non-ortho nitro benzene ring substituents is 2. The van der Waals surface area contributed by atoms with E-state index in [0.29, 0.717) is 37.3 Å². The van der Waals surface area contributed by atoms with Gasteiger partial charge in [-0.2, -0.15) is 12.6 Å². The van der Waals surface area contributed by atoms with E-state index in [-0.39, 0.29) is 37.0 Å². The topological polar surface area (TPSA) is 174 Å². The highest BCUT2D eigenvalue weighted by Crippen LogP contribution is 2.50. The van der Waals surface area contributed by atoms with Crippen LogP contribution >= 0.6 is 12.6 Å². The molecular weight excluding hydrogens is 570 g/mol. The van der Waals surface area contributed by atoms with Crippen molar-refractivity contribution in [1.29, 1.82) is 0 Å². The maximum atomic E-state index is 13.8. The summed E-state index contributed by atoms with van der Waals surface area (Å²) < 4.78 is 9.44. The molecule has 2 fully saturated rings. The molecule has 2 aliphatic rings. The van der Waals surface area contributed by atoms with Gasteiger partial charge in [-0.3, -0.25) is 34.7 Å². The molecule has 2 atom stereocenters. The van der Waals surface area contributed by atoms with Crippen LogP contribution in [0.5, 0.6) is 0 Å². The van der Waals surface area contributed by atoms with Gasteiger partial charge in [0.05, 0.1) is 16.4 Å². The molecule has 2 amide bonds. The number of rotatable bonds is 8. The van der Waals surface area contributed by atoms with E-state index in [1.165, 1.54) is 53.4 Å². The lowest BCUT2D eigenvalue weighted by molar-refractivity contribution is -0.385. The number of thiol groups is 1. The molecule has 2 unspecified atom stereocenters. The Morgan fingerprint density at radius 2 is 1.38 bits per heavy atom. The summed E-state index contributed by atoms with van der Waals surface area (Å²) in [4.78, 5) is 64.4. The Labute approximate surface area is 246 Å². The van der Waals surface area contributed by atoms with Crippen LogP contribution < -0.4 is 5.32 Å². The fraction of sp³-hybridized carbons (Fsp3) is 0.444. The van der Waals surface area contributed by atoms with Crippen LogP contribution in [0.25, 0.3) is 0 Å². The number of hydrogen-bond acceptors (Lipinski definition) is 11. The van der Waals surface area contributed by atoms with E-state index < -0.39 is 38.1 Å². The van der Waals surface area contributed by atoms with Crippen molar-refractivity contribution in [2.75, 3.05) is 32.7 Å². The van der Waals surface area contributed by atoms with E-state index in [2.05, 4.69) is 5.32 Å². The maximum absolute atomic E-state index is 13.8. The van der Waals surface area contributed by atoms with E-state index in [1.807, 2.05) is 0 Å². The monoisotopic (exact) mass is 601 g/mol. The summed E-state index contributed by atoms with van der Waals surface area (Å²) in [6, 6.07) is 9.92. The number of nitro benzene ring substituents is 2. The van der Waals surface area contributed by atoms with E-state index in [0.717, 1.165) is 0 Å². The molecule has 0 saturated carbocycles. The molecule has 14 nitrogen and oxygen atoms in total. The molecule has 2 aliphatic heterocycles. The number of nitrogens with zero attached hydrogens (tertiary/aromatic N) is 4. The number of carbonyl (C=O) groups is 3. The van der Waals surface area contributed by atoms with Crippen molar-refractivity contribution in [2.45, 2.75) is 37.9 Å². The molecule has 0 bridgehead atoms.